The van der Waals surface area contributed by atoms with E-state index in [1.807, 2.05) is 6.92 Å². The maximum atomic E-state index is 10.6. The monoisotopic (exact) mass is 242 g/mol. The van der Waals surface area contributed by atoms with Crippen molar-refractivity contribution in [3.63, 3.8) is 0 Å². The predicted molar refractivity (Wildman–Crippen MR) is 55.6 cm³/mol. The van der Waals surface area contributed by atoms with Crippen molar-refractivity contribution < 1.29 is 18.9 Å². The summed E-state index contributed by atoms with van der Waals surface area (Å²) in [5.74, 6) is 2.29. The van der Waals surface area contributed by atoms with E-state index in [9.17, 15) is 4.57 Å². The Bertz CT molecular complexity index is 249. The van der Waals surface area contributed by atoms with Crippen molar-refractivity contribution in [2.45, 2.75) is 12.2 Å². The van der Waals surface area contributed by atoms with Crippen LogP contribution in [0.5, 0.6) is 0 Å². The van der Waals surface area contributed by atoms with Crippen LogP contribution in [0.1, 0.15) is 6.92 Å². The Morgan fingerprint density at radius 1 is 1.62 bits per heavy atom. The van der Waals surface area contributed by atoms with Gasteiger partial charge in [-0.15, -0.1) is 23.5 Å². The molecule has 0 amide bonds. The number of rotatable bonds is 2. The molecular formula is C6H11O4PS2. The summed E-state index contributed by atoms with van der Waals surface area (Å²) in [6.07, 6.45) is 0. The van der Waals surface area contributed by atoms with Gasteiger partial charge in [-0.3, -0.25) is 9.79 Å². The van der Waals surface area contributed by atoms with Crippen LogP contribution >= 0.6 is 31.3 Å². The molecule has 1 atom stereocenters. The largest absolute Gasteiger partial charge is 0.524 e. The van der Waals surface area contributed by atoms with E-state index >= 15 is 0 Å². The zero-order valence-corrected chi connectivity index (χ0v) is 9.57. The average Bonchev–Trinajstić information content (AvgIpc) is 2.14. The van der Waals surface area contributed by atoms with Crippen LogP contribution < -0.4 is 0 Å². The quantitative estimate of drug-likeness (QED) is 0.720. The molecule has 0 saturated carbocycles. The lowest BCUT2D eigenvalue weighted by atomic mass is 10.4. The summed E-state index contributed by atoms with van der Waals surface area (Å²) in [4.78, 5) is 17.2. The molecule has 0 bridgehead atoms. The van der Waals surface area contributed by atoms with E-state index in [1.54, 1.807) is 17.2 Å². The first-order chi connectivity index (χ1) is 5.99. The molecule has 0 aromatic carbocycles. The number of hydrogen-bond donors (Lipinski definition) is 2. The van der Waals surface area contributed by atoms with Gasteiger partial charge >= 0.3 is 7.82 Å². The average molecular weight is 242 g/mol. The Hall–Kier alpha value is 0.390. The first-order valence-electron chi connectivity index (χ1n) is 3.67. The Labute approximate surface area is 85.4 Å². The number of phosphoric ester groups is 1. The SMILES string of the molecule is CC1SCCSC=C1OP(=O)(O)O. The molecule has 0 fully saturated rings. The third-order valence-electron chi connectivity index (χ3n) is 1.39. The summed E-state index contributed by atoms with van der Waals surface area (Å²) in [5.41, 5.74) is 0. The van der Waals surface area contributed by atoms with Crippen LogP contribution in [0.25, 0.3) is 0 Å². The van der Waals surface area contributed by atoms with Crippen molar-refractivity contribution in [1.82, 2.24) is 0 Å². The molecule has 0 aromatic heterocycles. The van der Waals surface area contributed by atoms with Crippen molar-refractivity contribution in [3.8, 4) is 0 Å². The molecule has 1 heterocycles. The molecule has 4 nitrogen and oxygen atoms in total. The summed E-state index contributed by atoms with van der Waals surface area (Å²) in [5, 5.41) is 1.70. The number of thioether (sulfide) groups is 2. The summed E-state index contributed by atoms with van der Waals surface area (Å²) in [6.45, 7) is 1.87. The van der Waals surface area contributed by atoms with Gasteiger partial charge in [0.15, 0.2) is 0 Å². The first kappa shape index (κ1) is 11.5. The lowest BCUT2D eigenvalue weighted by Crippen LogP contribution is -2.03. The number of hydrogen-bond acceptors (Lipinski definition) is 4. The highest BCUT2D eigenvalue weighted by Gasteiger charge is 2.23. The highest BCUT2D eigenvalue weighted by atomic mass is 32.2. The van der Waals surface area contributed by atoms with Crippen LogP contribution in [-0.2, 0) is 9.09 Å². The van der Waals surface area contributed by atoms with Gasteiger partial charge in [0, 0.05) is 16.9 Å². The molecule has 2 N–H and O–H groups in total. The van der Waals surface area contributed by atoms with E-state index < -0.39 is 7.82 Å². The van der Waals surface area contributed by atoms with Crippen LogP contribution in [0.2, 0.25) is 0 Å². The molecule has 76 valence electrons. The van der Waals surface area contributed by atoms with Gasteiger partial charge in [0.1, 0.15) is 5.76 Å². The second kappa shape index (κ2) is 4.75. The van der Waals surface area contributed by atoms with Gasteiger partial charge in [-0.1, -0.05) is 0 Å². The van der Waals surface area contributed by atoms with E-state index in [0.717, 1.165) is 11.5 Å². The summed E-state index contributed by atoms with van der Waals surface area (Å²) in [7, 11) is -4.39. The summed E-state index contributed by atoms with van der Waals surface area (Å²) < 4.78 is 15.1. The van der Waals surface area contributed by atoms with Gasteiger partial charge in [-0.25, -0.2) is 4.57 Å². The first-order valence-corrected chi connectivity index (χ1v) is 7.30. The third-order valence-corrected chi connectivity index (χ3v) is 4.11. The minimum Gasteiger partial charge on any atom is -0.407 e. The molecule has 1 aliphatic heterocycles. The van der Waals surface area contributed by atoms with Gasteiger partial charge < -0.3 is 4.52 Å². The molecule has 1 aliphatic rings. The van der Waals surface area contributed by atoms with Crippen LogP contribution in [0, 0.1) is 0 Å². The molecule has 0 radical (unpaired) electrons. The molecule has 0 spiro atoms. The molecule has 0 aromatic rings. The molecule has 0 saturated heterocycles. The van der Waals surface area contributed by atoms with Gasteiger partial charge in [-0.05, 0) is 6.92 Å². The van der Waals surface area contributed by atoms with Crippen molar-refractivity contribution >= 4 is 31.3 Å². The standard InChI is InChI=1S/C6H11O4PS2/c1-5-6(10-11(7,8)9)4-12-2-3-13-5/h4-5H,2-3H2,1H3,(H2,7,8,9). The van der Waals surface area contributed by atoms with E-state index in [4.69, 9.17) is 9.79 Å². The topological polar surface area (TPSA) is 66.8 Å². The van der Waals surface area contributed by atoms with E-state index in [2.05, 4.69) is 4.52 Å². The highest BCUT2D eigenvalue weighted by Crippen LogP contribution is 2.42. The zero-order chi connectivity index (χ0) is 9.90. The van der Waals surface area contributed by atoms with Crippen LogP contribution in [-0.4, -0.2) is 26.5 Å². The molecule has 0 aliphatic carbocycles. The lowest BCUT2D eigenvalue weighted by molar-refractivity contribution is 0.239. The second-order valence-corrected chi connectivity index (χ2v) is 6.08. The zero-order valence-electron chi connectivity index (χ0n) is 7.04. The summed E-state index contributed by atoms with van der Waals surface area (Å²) >= 11 is 3.15. The van der Waals surface area contributed by atoms with Crippen LogP contribution in [0.15, 0.2) is 11.2 Å². The molecular weight excluding hydrogens is 231 g/mol. The molecule has 13 heavy (non-hydrogen) atoms. The maximum absolute atomic E-state index is 10.6. The Balaban J connectivity index is 2.64. The molecule has 1 rings (SSSR count). The minimum absolute atomic E-state index is 0.0163. The van der Waals surface area contributed by atoms with Gasteiger partial charge in [0.05, 0.1) is 5.25 Å². The van der Waals surface area contributed by atoms with Crippen molar-refractivity contribution in [1.29, 1.82) is 0 Å². The second-order valence-electron chi connectivity index (χ2n) is 2.49. The van der Waals surface area contributed by atoms with E-state index in [1.165, 1.54) is 11.8 Å². The fourth-order valence-corrected chi connectivity index (χ4v) is 3.48. The minimum atomic E-state index is -4.39. The van der Waals surface area contributed by atoms with Crippen molar-refractivity contribution in [2.75, 3.05) is 11.5 Å². The predicted octanol–water partition coefficient (Wildman–Crippen LogP) is 1.81. The fraction of sp³-hybridized carbons (Fsp3) is 0.667. The molecule has 1 unspecified atom stereocenters. The third kappa shape index (κ3) is 4.42. The summed E-state index contributed by atoms with van der Waals surface area (Å²) in [6, 6.07) is 0. The number of phosphoric acid groups is 1. The van der Waals surface area contributed by atoms with Gasteiger partial charge in [0.2, 0.25) is 0 Å². The smallest absolute Gasteiger partial charge is 0.407 e. The van der Waals surface area contributed by atoms with Gasteiger partial charge in [-0.2, -0.15) is 0 Å². The van der Waals surface area contributed by atoms with Crippen molar-refractivity contribution in [3.05, 3.63) is 11.2 Å². The lowest BCUT2D eigenvalue weighted by Gasteiger charge is -2.14. The maximum Gasteiger partial charge on any atom is 0.524 e. The van der Waals surface area contributed by atoms with Crippen LogP contribution in [0.3, 0.4) is 0 Å². The Morgan fingerprint density at radius 2 is 2.31 bits per heavy atom. The van der Waals surface area contributed by atoms with Crippen molar-refractivity contribution in [2.24, 2.45) is 0 Å². The fourth-order valence-electron chi connectivity index (χ4n) is 0.825. The van der Waals surface area contributed by atoms with Crippen LogP contribution in [0.4, 0.5) is 0 Å². The highest BCUT2D eigenvalue weighted by molar-refractivity contribution is 8.05. The van der Waals surface area contributed by atoms with E-state index in [0.29, 0.717) is 5.76 Å². The Kier molecular flexibility index (Phi) is 4.19. The molecule has 7 heteroatoms. The van der Waals surface area contributed by atoms with E-state index in [-0.39, 0.29) is 5.25 Å². The van der Waals surface area contributed by atoms with Gasteiger partial charge in [0.25, 0.3) is 0 Å². The Morgan fingerprint density at radius 3 is 2.92 bits per heavy atom. The normalized spacial score (nSPS) is 24.8.